The first-order chi connectivity index (χ1) is 21.1. The van der Waals surface area contributed by atoms with Crippen molar-refractivity contribution >= 4 is 41.7 Å². The summed E-state index contributed by atoms with van der Waals surface area (Å²) in [6.07, 6.45) is -0.979. The van der Waals surface area contributed by atoms with Crippen LogP contribution in [0.15, 0.2) is 48.5 Å². The average Bonchev–Trinajstić information content (AvgIpc) is 3.32. The Morgan fingerprint density at radius 1 is 0.909 bits per heavy atom. The molecule has 2 amide bonds. The van der Waals surface area contributed by atoms with E-state index in [1.165, 1.54) is 4.90 Å². The second-order valence-electron chi connectivity index (χ2n) is 11.2. The Morgan fingerprint density at radius 2 is 1.52 bits per heavy atom. The maximum absolute atomic E-state index is 13.1. The molecule has 1 atom stereocenters. The smallest absolute Gasteiger partial charge is 0.407 e. The first-order valence-corrected chi connectivity index (χ1v) is 15.9. The first kappa shape index (κ1) is 35.6. The number of alkyl halides is 1. The lowest BCUT2D eigenvalue weighted by Gasteiger charge is -2.27. The van der Waals surface area contributed by atoms with E-state index in [2.05, 4.69) is 33.4 Å². The van der Waals surface area contributed by atoms with Crippen LogP contribution in [0.4, 0.5) is 4.79 Å². The highest BCUT2D eigenvalue weighted by atomic mass is 79.9. The number of hydrogen-bond acceptors (Lipinski definition) is 8. The predicted octanol–water partition coefficient (Wildman–Crippen LogP) is 4.10. The Hall–Kier alpha value is -2.93. The zero-order valence-electron chi connectivity index (χ0n) is 25.7. The Balaban J connectivity index is 1.60. The van der Waals surface area contributed by atoms with E-state index >= 15 is 0 Å². The van der Waals surface area contributed by atoms with E-state index in [4.69, 9.17) is 31.5 Å². The summed E-state index contributed by atoms with van der Waals surface area (Å²) in [5.74, 6) is -1.16. The summed E-state index contributed by atoms with van der Waals surface area (Å²) in [5, 5.41) is 3.27. The maximum atomic E-state index is 13.1. The first-order valence-electron chi connectivity index (χ1n) is 14.7. The van der Waals surface area contributed by atoms with Gasteiger partial charge in [-0.1, -0.05) is 64.5 Å². The largest absolute Gasteiger partial charge is 0.463 e. The average molecular weight is 673 g/mol. The number of esters is 1. The molecule has 10 nitrogen and oxygen atoms in total. The van der Waals surface area contributed by atoms with Crippen molar-refractivity contribution in [3.63, 3.8) is 0 Å². The van der Waals surface area contributed by atoms with Crippen LogP contribution in [0.1, 0.15) is 37.8 Å². The van der Waals surface area contributed by atoms with E-state index in [-0.39, 0.29) is 57.4 Å². The summed E-state index contributed by atoms with van der Waals surface area (Å²) in [4.78, 5) is 39.2. The SMILES string of the molecule is [B]CC(=O)N(CC(=O)OCCBr)C[C@H](COCCOCCOC(C)(C)C)NC(=O)OCC1c2ccccc2-c2ccccc21. The minimum absolute atomic E-state index is 0.0378. The number of nitrogens with zero attached hydrogens (tertiary/aromatic N) is 1. The fraction of sp³-hybridized carbons (Fsp3) is 0.531. The summed E-state index contributed by atoms with van der Waals surface area (Å²) < 4.78 is 27.8. The third kappa shape index (κ3) is 11.5. The molecule has 0 bridgehead atoms. The van der Waals surface area contributed by atoms with Crippen LogP contribution in [0.2, 0.25) is 6.32 Å². The molecule has 0 fully saturated rings. The highest BCUT2D eigenvalue weighted by Crippen LogP contribution is 2.44. The number of nitrogens with one attached hydrogen (secondary N) is 1. The van der Waals surface area contributed by atoms with Crippen LogP contribution in [0.5, 0.6) is 0 Å². The molecule has 1 aliphatic rings. The van der Waals surface area contributed by atoms with Gasteiger partial charge in [-0.2, -0.15) is 0 Å². The van der Waals surface area contributed by atoms with Crippen LogP contribution in [-0.4, -0.2) is 107 Å². The molecule has 0 saturated heterocycles. The highest BCUT2D eigenvalue weighted by molar-refractivity contribution is 9.09. The monoisotopic (exact) mass is 672 g/mol. The Labute approximate surface area is 269 Å². The molecule has 0 unspecified atom stereocenters. The van der Waals surface area contributed by atoms with Gasteiger partial charge in [0, 0.05) is 17.8 Å². The van der Waals surface area contributed by atoms with Crippen molar-refractivity contribution in [1.29, 1.82) is 0 Å². The standard InChI is InChI=1S/C32H42BBrN2O8/c1-32(2,3)44-17-16-40-14-15-41-21-23(19-36(29(37)18-33)20-30(38)42-13-12-34)35-31(39)43-22-28-26-10-6-4-8-24(26)25-9-5-7-11-27(25)28/h4-11,23,28H,12-22H2,1-3H3,(H,35,39)/t23-/m1/s1. The van der Waals surface area contributed by atoms with Gasteiger partial charge in [-0.25, -0.2) is 4.79 Å². The summed E-state index contributed by atoms with van der Waals surface area (Å²) in [6.45, 7) is 7.32. The molecule has 0 heterocycles. The summed E-state index contributed by atoms with van der Waals surface area (Å²) in [5.41, 5.74) is 4.19. The quantitative estimate of drug-likeness (QED) is 0.109. The second kappa shape index (κ2) is 18.1. The highest BCUT2D eigenvalue weighted by Gasteiger charge is 2.30. The van der Waals surface area contributed by atoms with Crippen molar-refractivity contribution in [3.05, 3.63) is 59.7 Å². The van der Waals surface area contributed by atoms with Gasteiger partial charge in [0.2, 0.25) is 5.91 Å². The van der Waals surface area contributed by atoms with E-state index in [1.54, 1.807) is 0 Å². The van der Waals surface area contributed by atoms with Crippen molar-refractivity contribution < 1.29 is 38.1 Å². The summed E-state index contributed by atoms with van der Waals surface area (Å²) in [6, 6.07) is 15.4. The van der Waals surface area contributed by atoms with Crippen molar-refractivity contribution in [1.82, 2.24) is 10.2 Å². The topological polar surface area (TPSA) is 113 Å². The minimum atomic E-state index is -0.700. The van der Waals surface area contributed by atoms with Gasteiger partial charge in [-0.15, -0.1) is 0 Å². The molecule has 0 aromatic heterocycles. The number of hydrogen-bond donors (Lipinski definition) is 1. The lowest BCUT2D eigenvalue weighted by Crippen LogP contribution is -2.50. The number of ether oxygens (including phenoxy) is 5. The maximum Gasteiger partial charge on any atom is 0.407 e. The van der Waals surface area contributed by atoms with Gasteiger partial charge < -0.3 is 33.9 Å². The van der Waals surface area contributed by atoms with Crippen LogP contribution in [-0.2, 0) is 33.3 Å². The lowest BCUT2D eigenvalue weighted by molar-refractivity contribution is -0.148. The number of halogens is 1. The van der Waals surface area contributed by atoms with E-state index < -0.39 is 24.0 Å². The van der Waals surface area contributed by atoms with Crippen LogP contribution in [0.3, 0.4) is 0 Å². The fourth-order valence-electron chi connectivity index (χ4n) is 4.80. The van der Waals surface area contributed by atoms with Gasteiger partial charge in [0.15, 0.2) is 0 Å². The van der Waals surface area contributed by atoms with Gasteiger partial charge in [-0.05, 0) is 49.3 Å². The third-order valence-electron chi connectivity index (χ3n) is 6.75. The number of carbonyl (C=O) groups excluding carboxylic acids is 3. The number of fused-ring (bicyclic) bond motifs is 3. The fourth-order valence-corrected chi connectivity index (χ4v) is 4.96. The van der Waals surface area contributed by atoms with Crippen LogP contribution in [0.25, 0.3) is 11.1 Å². The third-order valence-corrected chi connectivity index (χ3v) is 7.07. The van der Waals surface area contributed by atoms with E-state index in [0.717, 1.165) is 22.3 Å². The lowest BCUT2D eigenvalue weighted by atomic mass is 9.98. The molecule has 0 spiro atoms. The zero-order valence-corrected chi connectivity index (χ0v) is 27.3. The van der Waals surface area contributed by atoms with E-state index in [1.807, 2.05) is 57.2 Å². The molecule has 2 radical (unpaired) electrons. The van der Waals surface area contributed by atoms with Gasteiger partial charge in [0.1, 0.15) is 19.8 Å². The molecule has 2 aromatic rings. The molecule has 1 aliphatic carbocycles. The number of benzene rings is 2. The number of alkyl carbamates (subject to hydrolysis) is 1. The predicted molar refractivity (Wildman–Crippen MR) is 171 cm³/mol. The number of amides is 2. The van der Waals surface area contributed by atoms with Gasteiger partial charge in [0.25, 0.3) is 0 Å². The second-order valence-corrected chi connectivity index (χ2v) is 12.0. The van der Waals surface area contributed by atoms with Crippen molar-refractivity contribution in [3.8, 4) is 11.1 Å². The van der Waals surface area contributed by atoms with Crippen molar-refractivity contribution in [2.24, 2.45) is 0 Å². The molecule has 238 valence electrons. The Bertz CT molecular complexity index is 1180. The van der Waals surface area contributed by atoms with Crippen molar-refractivity contribution in [2.75, 3.05) is 64.7 Å². The normalized spacial score (nSPS) is 13.1. The van der Waals surface area contributed by atoms with Crippen LogP contribution >= 0.6 is 15.9 Å². The molecular formula is C32H42BBrN2O8. The van der Waals surface area contributed by atoms with Gasteiger partial charge in [0.05, 0.1) is 52.5 Å². The van der Waals surface area contributed by atoms with Crippen LogP contribution in [0, 0.1) is 0 Å². The Morgan fingerprint density at radius 3 is 2.14 bits per heavy atom. The molecule has 0 saturated carbocycles. The van der Waals surface area contributed by atoms with E-state index in [0.29, 0.717) is 25.2 Å². The number of carbonyl (C=O) groups is 3. The van der Waals surface area contributed by atoms with E-state index in [9.17, 15) is 14.4 Å². The van der Waals surface area contributed by atoms with Gasteiger partial charge in [-0.3, -0.25) is 9.59 Å². The molecule has 2 aromatic carbocycles. The number of rotatable bonds is 18. The summed E-state index contributed by atoms with van der Waals surface area (Å²) in [7, 11) is 5.61. The minimum Gasteiger partial charge on any atom is -0.463 e. The molecule has 3 rings (SSSR count). The molecule has 1 N–H and O–H groups in total. The molecule has 44 heavy (non-hydrogen) atoms. The summed E-state index contributed by atoms with van der Waals surface area (Å²) >= 11 is 3.20. The Kier molecular flexibility index (Phi) is 14.7. The van der Waals surface area contributed by atoms with Gasteiger partial charge >= 0.3 is 12.1 Å². The van der Waals surface area contributed by atoms with Crippen LogP contribution < -0.4 is 5.32 Å². The van der Waals surface area contributed by atoms with Crippen molar-refractivity contribution in [2.45, 2.75) is 44.7 Å². The molecule has 0 aliphatic heterocycles. The zero-order chi connectivity index (χ0) is 32.0. The molecular weight excluding hydrogens is 631 g/mol. The molecule has 12 heteroatoms.